The Morgan fingerprint density at radius 2 is 1.97 bits per heavy atom. The Hall–Kier alpha value is -2.84. The summed E-state index contributed by atoms with van der Waals surface area (Å²) in [4.78, 5) is 12.3. The maximum absolute atomic E-state index is 12.3. The molecule has 30 heavy (non-hydrogen) atoms. The largest absolute Gasteiger partial charge is 0.483 e. The van der Waals surface area contributed by atoms with Crippen LogP contribution in [0.3, 0.4) is 0 Å². The summed E-state index contributed by atoms with van der Waals surface area (Å²) in [6.45, 7) is 7.52. The van der Waals surface area contributed by atoms with Crippen LogP contribution in [-0.4, -0.2) is 33.1 Å². The summed E-state index contributed by atoms with van der Waals surface area (Å²) >= 11 is 0. The number of para-hydroxylation sites is 1. The van der Waals surface area contributed by atoms with Gasteiger partial charge in [0.25, 0.3) is 5.91 Å². The lowest BCUT2D eigenvalue weighted by Gasteiger charge is -2.18. The van der Waals surface area contributed by atoms with E-state index in [4.69, 9.17) is 9.47 Å². The normalized spacial score (nSPS) is 14.5. The van der Waals surface area contributed by atoms with E-state index in [1.54, 1.807) is 30.3 Å². The Morgan fingerprint density at radius 1 is 1.23 bits per heavy atom. The number of carbonyl (C=O) groups is 1. The van der Waals surface area contributed by atoms with E-state index in [0.29, 0.717) is 22.7 Å². The molecule has 0 aliphatic carbocycles. The molecule has 1 aliphatic heterocycles. The van der Waals surface area contributed by atoms with Gasteiger partial charge in [0.2, 0.25) is 10.0 Å². The number of rotatable bonds is 9. The van der Waals surface area contributed by atoms with Gasteiger partial charge in [0.15, 0.2) is 18.1 Å². The third-order valence-corrected chi connectivity index (χ3v) is 5.78. The molecule has 0 aromatic heterocycles. The summed E-state index contributed by atoms with van der Waals surface area (Å²) in [5, 5.41) is 2.74. The zero-order chi connectivity index (χ0) is 21.8. The molecule has 0 fully saturated rings. The van der Waals surface area contributed by atoms with E-state index >= 15 is 0 Å². The topological polar surface area (TPSA) is 93.7 Å². The van der Waals surface area contributed by atoms with E-state index < -0.39 is 10.0 Å². The number of fused-ring (bicyclic) bond motifs is 1. The van der Waals surface area contributed by atoms with Gasteiger partial charge in [-0.1, -0.05) is 30.3 Å². The molecule has 1 aliphatic rings. The predicted octanol–water partition coefficient (Wildman–Crippen LogP) is 3.02. The zero-order valence-corrected chi connectivity index (χ0v) is 17.9. The summed E-state index contributed by atoms with van der Waals surface area (Å²) < 4.78 is 37.8. The Balaban J connectivity index is 1.54. The lowest BCUT2D eigenvalue weighted by atomic mass is 10.0. The van der Waals surface area contributed by atoms with E-state index in [1.807, 2.05) is 26.0 Å². The van der Waals surface area contributed by atoms with Crippen LogP contribution >= 0.6 is 0 Å². The van der Waals surface area contributed by atoms with Crippen LogP contribution in [0.5, 0.6) is 11.5 Å². The molecule has 1 amide bonds. The first-order valence-electron chi connectivity index (χ1n) is 9.58. The van der Waals surface area contributed by atoms with Gasteiger partial charge in [-0.3, -0.25) is 4.79 Å². The fourth-order valence-electron chi connectivity index (χ4n) is 3.18. The number of carbonyl (C=O) groups excluding carboxylic acids is 1. The highest BCUT2D eigenvalue weighted by Gasteiger charge is 2.32. The van der Waals surface area contributed by atoms with Gasteiger partial charge in [0.1, 0.15) is 5.60 Å². The highest BCUT2D eigenvalue weighted by Crippen LogP contribution is 2.41. The Bertz CT molecular complexity index is 1030. The van der Waals surface area contributed by atoms with Crippen molar-refractivity contribution in [1.29, 1.82) is 0 Å². The van der Waals surface area contributed by atoms with E-state index in [9.17, 15) is 13.2 Å². The van der Waals surface area contributed by atoms with Crippen molar-refractivity contribution < 1.29 is 22.7 Å². The highest BCUT2D eigenvalue weighted by atomic mass is 32.2. The quantitative estimate of drug-likeness (QED) is 0.597. The van der Waals surface area contributed by atoms with E-state index in [0.717, 1.165) is 12.0 Å². The number of anilines is 1. The average molecular weight is 431 g/mol. The van der Waals surface area contributed by atoms with Crippen LogP contribution in [0.2, 0.25) is 0 Å². The molecule has 0 bridgehead atoms. The average Bonchev–Trinajstić information content (AvgIpc) is 3.00. The van der Waals surface area contributed by atoms with Crippen LogP contribution in [0.1, 0.15) is 25.0 Å². The summed E-state index contributed by atoms with van der Waals surface area (Å²) in [7, 11) is -3.43. The predicted molar refractivity (Wildman–Crippen MR) is 116 cm³/mol. The van der Waals surface area contributed by atoms with Gasteiger partial charge in [0.05, 0.1) is 5.75 Å². The van der Waals surface area contributed by atoms with Crippen molar-refractivity contribution in [3.05, 3.63) is 66.2 Å². The first-order chi connectivity index (χ1) is 14.2. The number of amides is 1. The first-order valence-corrected chi connectivity index (χ1v) is 11.2. The monoisotopic (exact) mass is 430 g/mol. The molecule has 2 aromatic rings. The second-order valence-electron chi connectivity index (χ2n) is 7.71. The molecule has 1 heterocycles. The molecule has 2 aromatic carbocycles. The lowest BCUT2D eigenvalue weighted by molar-refractivity contribution is -0.118. The maximum atomic E-state index is 12.3. The van der Waals surface area contributed by atoms with E-state index in [-0.39, 0.29) is 30.4 Å². The molecule has 3 rings (SSSR count). The van der Waals surface area contributed by atoms with Crippen molar-refractivity contribution in [2.45, 2.75) is 31.6 Å². The van der Waals surface area contributed by atoms with Gasteiger partial charge in [-0.05, 0) is 37.6 Å². The fraction of sp³-hybridized carbons (Fsp3) is 0.318. The maximum Gasteiger partial charge on any atom is 0.262 e. The second-order valence-corrected chi connectivity index (χ2v) is 9.52. The minimum absolute atomic E-state index is 0.145. The lowest BCUT2D eigenvalue weighted by Crippen LogP contribution is -2.25. The summed E-state index contributed by atoms with van der Waals surface area (Å²) in [5.41, 5.74) is 1.94. The van der Waals surface area contributed by atoms with Gasteiger partial charge in [-0.25, -0.2) is 13.1 Å². The van der Waals surface area contributed by atoms with Crippen molar-refractivity contribution in [2.24, 2.45) is 0 Å². The Morgan fingerprint density at radius 3 is 2.67 bits per heavy atom. The standard InChI is InChI=1S/C22H26N2O5S/c1-4-12-23-30(26,27)15-16-8-10-18(11-9-16)24-20(25)14-28-19-7-5-6-17-13-22(2,3)29-21(17)19/h4-11,23H,1,12-15H2,2-3H3,(H,24,25). The number of nitrogens with one attached hydrogen (secondary N) is 2. The highest BCUT2D eigenvalue weighted by molar-refractivity contribution is 7.88. The number of ether oxygens (including phenoxy) is 2. The molecule has 2 N–H and O–H groups in total. The van der Waals surface area contributed by atoms with Crippen LogP contribution in [-0.2, 0) is 27.0 Å². The van der Waals surface area contributed by atoms with Crippen molar-refractivity contribution in [1.82, 2.24) is 4.72 Å². The molecular weight excluding hydrogens is 404 g/mol. The van der Waals surface area contributed by atoms with Crippen molar-refractivity contribution in [3.63, 3.8) is 0 Å². The molecule has 0 spiro atoms. The third kappa shape index (κ3) is 5.84. The van der Waals surface area contributed by atoms with Crippen molar-refractivity contribution in [3.8, 4) is 11.5 Å². The van der Waals surface area contributed by atoms with Crippen LogP contribution in [0, 0.1) is 0 Å². The van der Waals surface area contributed by atoms with Crippen LogP contribution < -0.4 is 19.5 Å². The van der Waals surface area contributed by atoms with Crippen LogP contribution in [0.15, 0.2) is 55.1 Å². The van der Waals surface area contributed by atoms with Gasteiger partial charge >= 0.3 is 0 Å². The smallest absolute Gasteiger partial charge is 0.262 e. The van der Waals surface area contributed by atoms with Gasteiger partial charge in [-0.2, -0.15) is 0 Å². The minimum atomic E-state index is -3.43. The summed E-state index contributed by atoms with van der Waals surface area (Å²) in [5.74, 6) is 0.762. The van der Waals surface area contributed by atoms with Gasteiger partial charge in [0, 0.05) is 24.2 Å². The zero-order valence-electron chi connectivity index (χ0n) is 17.1. The first kappa shape index (κ1) is 21.9. The Kier molecular flexibility index (Phi) is 6.48. The molecule has 0 unspecified atom stereocenters. The molecule has 0 saturated heterocycles. The molecule has 0 atom stereocenters. The fourth-order valence-corrected chi connectivity index (χ4v) is 4.29. The summed E-state index contributed by atoms with van der Waals surface area (Å²) in [6, 6.07) is 12.3. The third-order valence-electron chi connectivity index (χ3n) is 4.46. The summed E-state index contributed by atoms with van der Waals surface area (Å²) in [6.07, 6.45) is 2.27. The SMILES string of the molecule is C=CCNS(=O)(=O)Cc1ccc(NC(=O)COc2cccc3c2OC(C)(C)C3)cc1. The molecule has 0 radical (unpaired) electrons. The number of hydrogen-bond donors (Lipinski definition) is 2. The van der Waals surface area contributed by atoms with Gasteiger partial charge in [-0.15, -0.1) is 6.58 Å². The Labute approximate surface area is 177 Å². The van der Waals surface area contributed by atoms with Crippen molar-refractivity contribution in [2.75, 3.05) is 18.5 Å². The number of hydrogen-bond acceptors (Lipinski definition) is 5. The molecule has 160 valence electrons. The van der Waals surface area contributed by atoms with Gasteiger partial charge < -0.3 is 14.8 Å². The molecule has 0 saturated carbocycles. The molecule has 8 heteroatoms. The molecule has 7 nitrogen and oxygen atoms in total. The molecular formula is C22H26N2O5S. The second kappa shape index (κ2) is 8.89. The number of sulfonamides is 1. The van der Waals surface area contributed by atoms with Crippen LogP contribution in [0.25, 0.3) is 0 Å². The van der Waals surface area contributed by atoms with Crippen LogP contribution in [0.4, 0.5) is 5.69 Å². The minimum Gasteiger partial charge on any atom is -0.483 e. The van der Waals surface area contributed by atoms with E-state index in [1.165, 1.54) is 6.08 Å². The van der Waals surface area contributed by atoms with E-state index in [2.05, 4.69) is 16.6 Å². The number of benzene rings is 2. The van der Waals surface area contributed by atoms with Crippen molar-refractivity contribution >= 4 is 21.6 Å².